The summed E-state index contributed by atoms with van der Waals surface area (Å²) in [4.78, 5) is 8.43. The molecule has 0 bridgehead atoms. The Labute approximate surface area is 111 Å². The topological polar surface area (TPSA) is 51.3 Å². The molecule has 0 unspecified atom stereocenters. The maximum Gasteiger partial charge on any atom is 0.149 e. The molecule has 0 radical (unpaired) electrons. The molecule has 0 amide bonds. The van der Waals surface area contributed by atoms with E-state index < -0.39 is 0 Å². The standard InChI is InChI=1S/C16H13N3/c17-16-15(9-4-10-18-16)19-11-13-7-3-6-12-5-1-2-8-14(12)13/h1-11H,(H2,17,18). The van der Waals surface area contributed by atoms with Crippen molar-refractivity contribution in [3.8, 4) is 0 Å². The van der Waals surface area contributed by atoms with Gasteiger partial charge in [0.25, 0.3) is 0 Å². The van der Waals surface area contributed by atoms with E-state index in [1.165, 1.54) is 10.8 Å². The molecule has 0 fully saturated rings. The largest absolute Gasteiger partial charge is 0.382 e. The first-order chi connectivity index (χ1) is 9.34. The van der Waals surface area contributed by atoms with Crippen molar-refractivity contribution < 1.29 is 0 Å². The maximum atomic E-state index is 5.77. The van der Waals surface area contributed by atoms with E-state index in [4.69, 9.17) is 5.73 Å². The van der Waals surface area contributed by atoms with Gasteiger partial charge in [-0.15, -0.1) is 0 Å². The lowest BCUT2D eigenvalue weighted by molar-refractivity contribution is 1.32. The van der Waals surface area contributed by atoms with E-state index in [9.17, 15) is 0 Å². The Kier molecular flexibility index (Phi) is 2.94. The van der Waals surface area contributed by atoms with E-state index in [-0.39, 0.29) is 0 Å². The fourth-order valence-corrected chi connectivity index (χ4v) is 2.02. The molecule has 3 nitrogen and oxygen atoms in total. The molecule has 1 heterocycles. The molecule has 3 heteroatoms. The molecule has 0 aliphatic carbocycles. The molecule has 3 rings (SSSR count). The molecule has 0 atom stereocenters. The lowest BCUT2D eigenvalue weighted by atomic mass is 10.1. The van der Waals surface area contributed by atoms with E-state index in [0.717, 1.165) is 5.56 Å². The van der Waals surface area contributed by atoms with Crippen molar-refractivity contribution in [2.75, 3.05) is 5.73 Å². The van der Waals surface area contributed by atoms with E-state index in [1.807, 2.05) is 42.6 Å². The Morgan fingerprint density at radius 2 is 1.79 bits per heavy atom. The first-order valence-electron chi connectivity index (χ1n) is 6.07. The van der Waals surface area contributed by atoms with Crippen LogP contribution < -0.4 is 5.73 Å². The van der Waals surface area contributed by atoms with Crippen LogP contribution in [0.5, 0.6) is 0 Å². The fraction of sp³-hybridized carbons (Fsp3) is 0. The SMILES string of the molecule is Nc1ncccc1N=Cc1cccc2ccccc12. The van der Waals surface area contributed by atoms with Crippen LogP contribution in [0.4, 0.5) is 11.5 Å². The first-order valence-corrected chi connectivity index (χ1v) is 6.07. The van der Waals surface area contributed by atoms with Crippen LogP contribution in [0.1, 0.15) is 5.56 Å². The van der Waals surface area contributed by atoms with Gasteiger partial charge in [-0.3, -0.25) is 4.99 Å². The molecule has 92 valence electrons. The van der Waals surface area contributed by atoms with Crippen LogP contribution in [-0.2, 0) is 0 Å². The van der Waals surface area contributed by atoms with Crippen LogP contribution in [0.3, 0.4) is 0 Å². The summed E-state index contributed by atoms with van der Waals surface area (Å²) in [5.41, 5.74) is 7.53. The Bertz CT molecular complexity index is 742. The van der Waals surface area contributed by atoms with Crippen LogP contribution in [0.25, 0.3) is 10.8 Å². The predicted octanol–water partition coefficient (Wildman–Crippen LogP) is 3.57. The van der Waals surface area contributed by atoms with E-state index in [2.05, 4.69) is 28.2 Å². The molecule has 0 aliphatic heterocycles. The summed E-state index contributed by atoms with van der Waals surface area (Å²) in [6.45, 7) is 0. The van der Waals surface area contributed by atoms with Gasteiger partial charge in [-0.25, -0.2) is 4.98 Å². The third-order valence-electron chi connectivity index (χ3n) is 2.98. The highest BCUT2D eigenvalue weighted by Crippen LogP contribution is 2.20. The maximum absolute atomic E-state index is 5.77. The number of aliphatic imine (C=N–C) groups is 1. The van der Waals surface area contributed by atoms with Gasteiger partial charge in [0, 0.05) is 18.0 Å². The van der Waals surface area contributed by atoms with Gasteiger partial charge in [-0.1, -0.05) is 42.5 Å². The molecule has 3 aromatic rings. The van der Waals surface area contributed by atoms with Gasteiger partial charge in [0.15, 0.2) is 0 Å². The van der Waals surface area contributed by atoms with Crippen molar-refractivity contribution in [2.45, 2.75) is 0 Å². The Hall–Kier alpha value is -2.68. The number of fused-ring (bicyclic) bond motifs is 1. The molecule has 0 saturated carbocycles. The zero-order valence-corrected chi connectivity index (χ0v) is 10.3. The highest BCUT2D eigenvalue weighted by atomic mass is 14.9. The average molecular weight is 247 g/mol. The molecular weight excluding hydrogens is 234 g/mol. The quantitative estimate of drug-likeness (QED) is 0.704. The third-order valence-corrected chi connectivity index (χ3v) is 2.98. The second-order valence-electron chi connectivity index (χ2n) is 4.23. The van der Waals surface area contributed by atoms with Crippen molar-refractivity contribution in [3.63, 3.8) is 0 Å². The normalized spacial score (nSPS) is 11.2. The van der Waals surface area contributed by atoms with Gasteiger partial charge < -0.3 is 5.73 Å². The van der Waals surface area contributed by atoms with Gasteiger partial charge in [0.1, 0.15) is 11.5 Å². The highest BCUT2D eigenvalue weighted by molar-refractivity contribution is 6.00. The lowest BCUT2D eigenvalue weighted by Crippen LogP contribution is -1.89. The fourth-order valence-electron chi connectivity index (χ4n) is 2.02. The van der Waals surface area contributed by atoms with Crippen molar-refractivity contribution in [1.82, 2.24) is 4.98 Å². The minimum Gasteiger partial charge on any atom is -0.382 e. The molecule has 1 aromatic heterocycles. The van der Waals surface area contributed by atoms with Crippen LogP contribution in [0, 0.1) is 0 Å². The summed E-state index contributed by atoms with van der Waals surface area (Å²) in [5, 5.41) is 2.38. The number of nitrogen functional groups attached to an aromatic ring is 1. The average Bonchev–Trinajstić information content (AvgIpc) is 2.46. The molecule has 0 spiro atoms. The smallest absolute Gasteiger partial charge is 0.149 e. The summed E-state index contributed by atoms with van der Waals surface area (Å²) < 4.78 is 0. The number of benzene rings is 2. The highest BCUT2D eigenvalue weighted by Gasteiger charge is 1.98. The third kappa shape index (κ3) is 2.31. The minimum absolute atomic E-state index is 0.444. The number of nitrogens with two attached hydrogens (primary N) is 1. The molecule has 2 N–H and O–H groups in total. The van der Waals surface area contributed by atoms with Gasteiger partial charge >= 0.3 is 0 Å². The van der Waals surface area contributed by atoms with E-state index >= 15 is 0 Å². The van der Waals surface area contributed by atoms with Gasteiger partial charge in [0.05, 0.1) is 0 Å². The first kappa shape index (κ1) is 11.4. The molecule has 2 aromatic carbocycles. The van der Waals surface area contributed by atoms with E-state index in [0.29, 0.717) is 11.5 Å². The number of rotatable bonds is 2. The number of anilines is 1. The number of pyridine rings is 1. The van der Waals surface area contributed by atoms with Gasteiger partial charge in [-0.05, 0) is 22.9 Å². The molecule has 19 heavy (non-hydrogen) atoms. The van der Waals surface area contributed by atoms with Crippen molar-refractivity contribution >= 4 is 28.5 Å². The molecular formula is C16H13N3. The van der Waals surface area contributed by atoms with Crippen LogP contribution in [0.15, 0.2) is 65.8 Å². The Morgan fingerprint density at radius 1 is 0.947 bits per heavy atom. The lowest BCUT2D eigenvalue weighted by Gasteiger charge is -2.02. The molecule has 0 aliphatic rings. The minimum atomic E-state index is 0.444. The number of hydrogen-bond donors (Lipinski definition) is 1. The van der Waals surface area contributed by atoms with E-state index in [1.54, 1.807) is 6.20 Å². The number of hydrogen-bond acceptors (Lipinski definition) is 3. The monoisotopic (exact) mass is 247 g/mol. The van der Waals surface area contributed by atoms with Crippen LogP contribution >= 0.6 is 0 Å². The number of aromatic nitrogens is 1. The zero-order chi connectivity index (χ0) is 13.1. The van der Waals surface area contributed by atoms with Crippen LogP contribution in [0.2, 0.25) is 0 Å². The summed E-state index contributed by atoms with van der Waals surface area (Å²) in [6, 6.07) is 18.1. The van der Waals surface area contributed by atoms with Gasteiger partial charge in [0.2, 0.25) is 0 Å². The summed E-state index contributed by atoms with van der Waals surface area (Å²) in [6.07, 6.45) is 3.49. The summed E-state index contributed by atoms with van der Waals surface area (Å²) in [7, 11) is 0. The number of nitrogens with zero attached hydrogens (tertiary/aromatic N) is 2. The van der Waals surface area contributed by atoms with Crippen molar-refractivity contribution in [3.05, 3.63) is 66.4 Å². The van der Waals surface area contributed by atoms with Gasteiger partial charge in [-0.2, -0.15) is 0 Å². The summed E-state index contributed by atoms with van der Waals surface area (Å²) in [5.74, 6) is 0.444. The predicted molar refractivity (Wildman–Crippen MR) is 79.9 cm³/mol. The second kappa shape index (κ2) is 4.90. The van der Waals surface area contributed by atoms with Crippen molar-refractivity contribution in [1.29, 1.82) is 0 Å². The Morgan fingerprint density at radius 3 is 2.68 bits per heavy atom. The van der Waals surface area contributed by atoms with Crippen molar-refractivity contribution in [2.24, 2.45) is 4.99 Å². The molecule has 0 saturated heterocycles. The second-order valence-corrected chi connectivity index (χ2v) is 4.23. The van der Waals surface area contributed by atoms with Crippen LogP contribution in [-0.4, -0.2) is 11.2 Å². The Balaban J connectivity index is 2.04. The summed E-state index contributed by atoms with van der Waals surface area (Å²) >= 11 is 0. The zero-order valence-electron chi connectivity index (χ0n) is 10.3.